The van der Waals surface area contributed by atoms with Gasteiger partial charge in [0.15, 0.2) is 0 Å². The van der Waals surface area contributed by atoms with E-state index in [0.29, 0.717) is 27.6 Å². The third kappa shape index (κ3) is 3.04. The largest absolute Gasteiger partial charge is 0.392 e. The molecule has 0 radical (unpaired) electrons. The summed E-state index contributed by atoms with van der Waals surface area (Å²) < 4.78 is 0. The Labute approximate surface area is 128 Å². The Morgan fingerprint density at radius 2 is 1.62 bits per heavy atom. The van der Waals surface area contributed by atoms with Crippen molar-refractivity contribution >= 4 is 11.8 Å². The highest BCUT2D eigenvalue weighted by Gasteiger charge is 2.31. The van der Waals surface area contributed by atoms with Crippen LogP contribution in [0.2, 0.25) is 0 Å². The van der Waals surface area contributed by atoms with Gasteiger partial charge >= 0.3 is 0 Å². The summed E-state index contributed by atoms with van der Waals surface area (Å²) in [5.74, 6) is -0.122. The second kappa shape index (κ2) is 6.39. The number of rotatable bonds is 3. The minimum atomic E-state index is -0.323. The molecule has 0 saturated heterocycles. The highest BCUT2D eigenvalue weighted by Crippen LogP contribution is 2.41. The Hall–Kier alpha value is -2.37. The molecule has 106 valence electrons. The van der Waals surface area contributed by atoms with Gasteiger partial charge in [-0.05, 0) is 17.9 Å². The Balaban J connectivity index is 2.33. The summed E-state index contributed by atoms with van der Waals surface area (Å²) in [6.07, 6.45) is 0.637. The molecule has 1 heterocycles. The maximum absolute atomic E-state index is 9.34. The lowest BCUT2D eigenvalue weighted by atomic mass is 9.82. The number of nitrogens with two attached hydrogens (primary N) is 2. The first-order chi connectivity index (χ1) is 10.1. The Bertz CT molecular complexity index is 640. The van der Waals surface area contributed by atoms with E-state index < -0.39 is 0 Å². The monoisotopic (exact) mass is 296 g/mol. The molecule has 0 bridgehead atoms. The van der Waals surface area contributed by atoms with Crippen LogP contribution in [0.1, 0.15) is 24.8 Å². The van der Waals surface area contributed by atoms with Gasteiger partial charge in [-0.15, -0.1) is 0 Å². The van der Waals surface area contributed by atoms with Gasteiger partial charge in [0.1, 0.15) is 0 Å². The van der Waals surface area contributed by atoms with Gasteiger partial charge in [0, 0.05) is 5.92 Å². The molecular weight excluding hydrogens is 280 g/mol. The zero-order valence-corrected chi connectivity index (χ0v) is 12.5. The summed E-state index contributed by atoms with van der Waals surface area (Å²) in [6, 6.07) is 14.3. The molecule has 4 N–H and O–H groups in total. The number of benzene rings is 1. The van der Waals surface area contributed by atoms with Crippen molar-refractivity contribution in [1.29, 1.82) is 10.5 Å². The molecule has 0 amide bonds. The maximum Gasteiger partial charge on any atom is 0.0981 e. The molecule has 0 unspecified atom stereocenters. The SMILES string of the molecule is C[C@H](CC1C(C#N)=C(N)SC(N)=C1C#N)c1ccccc1. The van der Waals surface area contributed by atoms with Crippen molar-refractivity contribution < 1.29 is 0 Å². The van der Waals surface area contributed by atoms with E-state index in [1.807, 2.05) is 30.3 Å². The van der Waals surface area contributed by atoms with Crippen LogP contribution in [0, 0.1) is 28.6 Å². The Kier molecular flexibility index (Phi) is 4.57. The summed E-state index contributed by atoms with van der Waals surface area (Å²) in [5, 5.41) is 19.5. The first-order valence-electron chi connectivity index (χ1n) is 6.60. The molecule has 1 atom stereocenters. The third-order valence-electron chi connectivity index (χ3n) is 3.65. The van der Waals surface area contributed by atoms with Crippen molar-refractivity contribution in [1.82, 2.24) is 0 Å². The minimum absolute atomic E-state index is 0.201. The molecular formula is C16H16N4S. The minimum Gasteiger partial charge on any atom is -0.392 e. The van der Waals surface area contributed by atoms with Crippen LogP contribution in [-0.2, 0) is 0 Å². The fourth-order valence-corrected chi connectivity index (χ4v) is 3.32. The first kappa shape index (κ1) is 15.0. The topological polar surface area (TPSA) is 99.6 Å². The van der Waals surface area contributed by atoms with E-state index in [0.717, 1.165) is 11.8 Å². The van der Waals surface area contributed by atoms with E-state index >= 15 is 0 Å². The number of hydrogen-bond donors (Lipinski definition) is 2. The van der Waals surface area contributed by atoms with E-state index in [2.05, 4.69) is 19.1 Å². The molecule has 4 nitrogen and oxygen atoms in total. The average Bonchev–Trinajstić information content (AvgIpc) is 2.48. The summed E-state index contributed by atoms with van der Waals surface area (Å²) in [4.78, 5) is 0. The average molecular weight is 296 g/mol. The van der Waals surface area contributed by atoms with Gasteiger partial charge in [0.05, 0.1) is 33.3 Å². The Morgan fingerprint density at radius 3 is 2.10 bits per heavy atom. The smallest absolute Gasteiger partial charge is 0.0981 e. The van der Waals surface area contributed by atoms with Crippen molar-refractivity contribution in [3.63, 3.8) is 0 Å². The van der Waals surface area contributed by atoms with Gasteiger partial charge in [0.2, 0.25) is 0 Å². The predicted molar refractivity (Wildman–Crippen MR) is 84.2 cm³/mol. The van der Waals surface area contributed by atoms with E-state index in [1.54, 1.807) is 0 Å². The Morgan fingerprint density at radius 1 is 1.10 bits per heavy atom. The number of allylic oxidation sites excluding steroid dienone is 2. The predicted octanol–water partition coefficient (Wildman–Crippen LogP) is 2.93. The van der Waals surface area contributed by atoms with Crippen LogP contribution < -0.4 is 11.5 Å². The van der Waals surface area contributed by atoms with Crippen LogP contribution in [0.3, 0.4) is 0 Å². The molecule has 5 heteroatoms. The van der Waals surface area contributed by atoms with Crippen LogP contribution in [-0.4, -0.2) is 0 Å². The summed E-state index contributed by atoms with van der Waals surface area (Å²) in [5.41, 5.74) is 13.9. The molecule has 0 saturated carbocycles. The fourth-order valence-electron chi connectivity index (χ4n) is 2.49. The highest BCUT2D eigenvalue weighted by atomic mass is 32.2. The molecule has 0 spiro atoms. The lowest BCUT2D eigenvalue weighted by Gasteiger charge is -2.25. The molecule has 21 heavy (non-hydrogen) atoms. The van der Waals surface area contributed by atoms with Crippen molar-refractivity contribution in [2.24, 2.45) is 17.4 Å². The van der Waals surface area contributed by atoms with E-state index in [-0.39, 0.29) is 11.8 Å². The summed E-state index contributed by atoms with van der Waals surface area (Å²) in [7, 11) is 0. The van der Waals surface area contributed by atoms with Gasteiger partial charge in [-0.1, -0.05) is 49.0 Å². The van der Waals surface area contributed by atoms with E-state index in [9.17, 15) is 10.5 Å². The second-order valence-electron chi connectivity index (χ2n) is 4.98. The van der Waals surface area contributed by atoms with Gasteiger partial charge < -0.3 is 11.5 Å². The van der Waals surface area contributed by atoms with Crippen molar-refractivity contribution in [3.05, 3.63) is 57.1 Å². The van der Waals surface area contributed by atoms with E-state index in [1.165, 1.54) is 5.56 Å². The van der Waals surface area contributed by atoms with Crippen LogP contribution in [0.25, 0.3) is 0 Å². The summed E-state index contributed by atoms with van der Waals surface area (Å²) in [6.45, 7) is 2.08. The quantitative estimate of drug-likeness (QED) is 0.893. The van der Waals surface area contributed by atoms with Crippen molar-refractivity contribution in [3.8, 4) is 12.1 Å². The lowest BCUT2D eigenvalue weighted by molar-refractivity contribution is 0.578. The molecule has 0 aliphatic carbocycles. The maximum atomic E-state index is 9.34. The fraction of sp³-hybridized carbons (Fsp3) is 0.250. The lowest BCUT2D eigenvalue weighted by Crippen LogP contribution is -2.21. The standard InChI is InChI=1S/C16H16N4S/c1-10(11-5-3-2-4-6-11)7-12-13(8-17)15(19)21-16(20)14(12)9-18/h2-6,10,12H,7,19-20H2,1H3/t10-/m1/s1. The first-order valence-corrected chi connectivity index (χ1v) is 7.42. The molecule has 1 aliphatic heterocycles. The number of nitriles is 2. The molecule has 1 aromatic carbocycles. The van der Waals surface area contributed by atoms with Gasteiger partial charge in [0.25, 0.3) is 0 Å². The number of nitrogens with zero attached hydrogens (tertiary/aromatic N) is 2. The molecule has 0 aromatic heterocycles. The van der Waals surface area contributed by atoms with Gasteiger partial charge in [-0.3, -0.25) is 0 Å². The second-order valence-corrected chi connectivity index (χ2v) is 6.07. The molecule has 0 fully saturated rings. The normalized spacial score (nSPS) is 17.3. The zero-order chi connectivity index (χ0) is 15.4. The third-order valence-corrected chi connectivity index (χ3v) is 4.53. The van der Waals surface area contributed by atoms with Crippen molar-refractivity contribution in [2.75, 3.05) is 0 Å². The summed E-state index contributed by atoms with van der Waals surface area (Å²) >= 11 is 1.10. The van der Waals surface area contributed by atoms with Gasteiger partial charge in [-0.25, -0.2) is 0 Å². The van der Waals surface area contributed by atoms with E-state index in [4.69, 9.17) is 11.5 Å². The molecule has 1 aromatic rings. The number of thioether (sulfide) groups is 1. The van der Waals surface area contributed by atoms with Crippen molar-refractivity contribution in [2.45, 2.75) is 19.3 Å². The van der Waals surface area contributed by atoms with Crippen LogP contribution in [0.5, 0.6) is 0 Å². The van der Waals surface area contributed by atoms with Crippen LogP contribution in [0.4, 0.5) is 0 Å². The van der Waals surface area contributed by atoms with Crippen LogP contribution in [0.15, 0.2) is 51.5 Å². The molecule has 2 rings (SSSR count). The molecule has 1 aliphatic rings. The highest BCUT2D eigenvalue weighted by molar-refractivity contribution is 8.06. The number of hydrogen-bond acceptors (Lipinski definition) is 5. The van der Waals surface area contributed by atoms with Gasteiger partial charge in [-0.2, -0.15) is 10.5 Å². The zero-order valence-electron chi connectivity index (χ0n) is 11.7. The van der Waals surface area contributed by atoms with Crippen LogP contribution >= 0.6 is 11.8 Å².